The zero-order valence-electron chi connectivity index (χ0n) is 9.79. The van der Waals surface area contributed by atoms with Crippen molar-refractivity contribution in [1.82, 2.24) is 4.90 Å². The molecule has 1 nitrogen and oxygen atoms in total. The second-order valence-electron chi connectivity index (χ2n) is 4.63. The first kappa shape index (κ1) is 12.1. The number of hydrogen-bond acceptors (Lipinski definition) is 1. The smallest absolute Gasteiger partial charge is 0.0175 e. The molecule has 1 aliphatic rings. The maximum atomic E-state index is 3.47. The topological polar surface area (TPSA) is 3.24 Å². The van der Waals surface area contributed by atoms with Crippen molar-refractivity contribution in [2.45, 2.75) is 32.1 Å². The van der Waals surface area contributed by atoms with Crippen molar-refractivity contribution in [3.63, 3.8) is 0 Å². The van der Waals surface area contributed by atoms with Crippen LogP contribution in [0.25, 0.3) is 0 Å². The van der Waals surface area contributed by atoms with Crippen LogP contribution in [0.1, 0.15) is 31.2 Å². The van der Waals surface area contributed by atoms with E-state index in [4.69, 9.17) is 0 Å². The Kier molecular flexibility index (Phi) is 4.86. The van der Waals surface area contributed by atoms with Crippen LogP contribution in [0.2, 0.25) is 0 Å². The Bertz CT molecular complexity index is 301. The average molecular weight is 282 g/mol. The Balaban J connectivity index is 1.62. The average Bonchev–Trinajstić information content (AvgIpc) is 2.80. The lowest BCUT2D eigenvalue weighted by Gasteiger charge is -2.13. The number of rotatable bonds is 5. The van der Waals surface area contributed by atoms with Crippen LogP contribution in [0, 0.1) is 0 Å². The van der Waals surface area contributed by atoms with Gasteiger partial charge in [0.2, 0.25) is 0 Å². The molecular weight excluding hydrogens is 262 g/mol. The van der Waals surface area contributed by atoms with Crippen molar-refractivity contribution in [2.24, 2.45) is 0 Å². The molecule has 0 saturated carbocycles. The molecule has 0 aromatic heterocycles. The van der Waals surface area contributed by atoms with Crippen molar-refractivity contribution < 1.29 is 0 Å². The van der Waals surface area contributed by atoms with Crippen LogP contribution in [-0.2, 0) is 6.42 Å². The molecule has 0 aliphatic carbocycles. The van der Waals surface area contributed by atoms with Gasteiger partial charge in [-0.05, 0) is 69.4 Å². The van der Waals surface area contributed by atoms with E-state index < -0.39 is 0 Å². The number of halogens is 1. The van der Waals surface area contributed by atoms with Gasteiger partial charge in [0.05, 0.1) is 0 Å². The Morgan fingerprint density at radius 3 is 2.38 bits per heavy atom. The van der Waals surface area contributed by atoms with E-state index in [1.807, 2.05) is 0 Å². The monoisotopic (exact) mass is 281 g/mol. The molecule has 0 atom stereocenters. The molecule has 0 bridgehead atoms. The summed E-state index contributed by atoms with van der Waals surface area (Å²) >= 11 is 3.47. The Morgan fingerprint density at radius 2 is 1.69 bits per heavy atom. The third-order valence-electron chi connectivity index (χ3n) is 3.30. The molecule has 0 radical (unpaired) electrons. The Labute approximate surface area is 107 Å². The standard InChI is InChI=1S/C14H20BrN/c15-14-8-6-13(7-9-14)5-1-2-10-16-11-3-4-12-16/h6-9H,1-5,10-12H2. The first-order valence-corrected chi connectivity index (χ1v) is 7.11. The predicted molar refractivity (Wildman–Crippen MR) is 72.8 cm³/mol. The van der Waals surface area contributed by atoms with Crippen molar-refractivity contribution in [3.8, 4) is 0 Å². The van der Waals surface area contributed by atoms with Crippen molar-refractivity contribution >= 4 is 15.9 Å². The van der Waals surface area contributed by atoms with Gasteiger partial charge in [0.1, 0.15) is 0 Å². The van der Waals surface area contributed by atoms with Gasteiger partial charge in [0.15, 0.2) is 0 Å². The van der Waals surface area contributed by atoms with E-state index in [9.17, 15) is 0 Å². The molecule has 1 heterocycles. The zero-order valence-corrected chi connectivity index (χ0v) is 11.4. The van der Waals surface area contributed by atoms with Crippen LogP contribution in [0.15, 0.2) is 28.7 Å². The lowest BCUT2D eigenvalue weighted by atomic mass is 10.1. The summed E-state index contributed by atoms with van der Waals surface area (Å²) in [6, 6.07) is 8.71. The molecular formula is C14H20BrN. The fourth-order valence-corrected chi connectivity index (χ4v) is 2.59. The fraction of sp³-hybridized carbons (Fsp3) is 0.571. The highest BCUT2D eigenvalue weighted by atomic mass is 79.9. The molecule has 0 amide bonds. The second kappa shape index (κ2) is 6.41. The van der Waals surface area contributed by atoms with Crippen molar-refractivity contribution in [2.75, 3.05) is 19.6 Å². The number of aryl methyl sites for hydroxylation is 1. The highest BCUT2D eigenvalue weighted by Crippen LogP contribution is 2.13. The van der Waals surface area contributed by atoms with Crippen LogP contribution >= 0.6 is 15.9 Å². The van der Waals surface area contributed by atoms with E-state index in [2.05, 4.69) is 45.1 Å². The summed E-state index contributed by atoms with van der Waals surface area (Å²) < 4.78 is 1.17. The quantitative estimate of drug-likeness (QED) is 0.741. The molecule has 0 spiro atoms. The SMILES string of the molecule is Brc1ccc(CCCCN2CCCC2)cc1. The first-order valence-electron chi connectivity index (χ1n) is 6.31. The van der Waals surface area contributed by atoms with E-state index >= 15 is 0 Å². The molecule has 1 aromatic rings. The third kappa shape index (κ3) is 3.91. The lowest BCUT2D eigenvalue weighted by Crippen LogP contribution is -2.20. The molecule has 2 rings (SSSR count). The molecule has 1 aliphatic heterocycles. The van der Waals surface area contributed by atoms with E-state index in [-0.39, 0.29) is 0 Å². The summed E-state index contributed by atoms with van der Waals surface area (Å²) in [6.45, 7) is 3.97. The lowest BCUT2D eigenvalue weighted by molar-refractivity contribution is 0.330. The summed E-state index contributed by atoms with van der Waals surface area (Å²) in [6.07, 6.45) is 6.70. The molecule has 0 N–H and O–H groups in total. The van der Waals surface area contributed by atoms with Gasteiger partial charge in [-0.25, -0.2) is 0 Å². The zero-order chi connectivity index (χ0) is 11.2. The van der Waals surface area contributed by atoms with E-state index in [0.29, 0.717) is 0 Å². The summed E-state index contributed by atoms with van der Waals surface area (Å²) in [5.41, 5.74) is 1.46. The van der Waals surface area contributed by atoms with Gasteiger partial charge >= 0.3 is 0 Å². The maximum Gasteiger partial charge on any atom is 0.0175 e. The van der Waals surface area contributed by atoms with Gasteiger partial charge in [-0.1, -0.05) is 28.1 Å². The van der Waals surface area contributed by atoms with Gasteiger partial charge in [-0.3, -0.25) is 0 Å². The van der Waals surface area contributed by atoms with Crippen molar-refractivity contribution in [1.29, 1.82) is 0 Å². The van der Waals surface area contributed by atoms with E-state index in [1.54, 1.807) is 0 Å². The summed E-state index contributed by atoms with van der Waals surface area (Å²) in [5, 5.41) is 0. The van der Waals surface area contributed by atoms with Crippen LogP contribution < -0.4 is 0 Å². The number of hydrogen-bond donors (Lipinski definition) is 0. The number of unbranched alkanes of at least 4 members (excludes halogenated alkanes) is 1. The number of benzene rings is 1. The maximum absolute atomic E-state index is 3.47. The minimum Gasteiger partial charge on any atom is -0.303 e. The van der Waals surface area contributed by atoms with Gasteiger partial charge in [0, 0.05) is 4.47 Å². The van der Waals surface area contributed by atoms with E-state index in [1.165, 1.54) is 61.8 Å². The Hall–Kier alpha value is -0.340. The summed E-state index contributed by atoms with van der Waals surface area (Å²) in [7, 11) is 0. The molecule has 2 heteroatoms. The highest BCUT2D eigenvalue weighted by Gasteiger charge is 2.09. The minimum atomic E-state index is 1.17. The van der Waals surface area contributed by atoms with Crippen LogP contribution in [0.3, 0.4) is 0 Å². The Morgan fingerprint density at radius 1 is 1.00 bits per heavy atom. The number of nitrogens with zero attached hydrogens (tertiary/aromatic N) is 1. The molecule has 88 valence electrons. The second-order valence-corrected chi connectivity index (χ2v) is 5.55. The van der Waals surface area contributed by atoms with Gasteiger partial charge in [-0.15, -0.1) is 0 Å². The minimum absolute atomic E-state index is 1.17. The molecule has 0 unspecified atom stereocenters. The molecule has 1 aromatic carbocycles. The van der Waals surface area contributed by atoms with Crippen LogP contribution in [-0.4, -0.2) is 24.5 Å². The highest BCUT2D eigenvalue weighted by molar-refractivity contribution is 9.10. The normalized spacial score (nSPS) is 16.8. The van der Waals surface area contributed by atoms with Crippen LogP contribution in [0.4, 0.5) is 0 Å². The number of likely N-dealkylation sites (tertiary alicyclic amines) is 1. The predicted octanol–water partition coefficient (Wildman–Crippen LogP) is 3.87. The third-order valence-corrected chi connectivity index (χ3v) is 3.83. The van der Waals surface area contributed by atoms with Crippen LogP contribution in [0.5, 0.6) is 0 Å². The molecule has 16 heavy (non-hydrogen) atoms. The fourth-order valence-electron chi connectivity index (χ4n) is 2.32. The van der Waals surface area contributed by atoms with Crippen molar-refractivity contribution in [3.05, 3.63) is 34.3 Å². The van der Waals surface area contributed by atoms with Gasteiger partial charge in [-0.2, -0.15) is 0 Å². The molecule has 1 saturated heterocycles. The van der Waals surface area contributed by atoms with Gasteiger partial charge < -0.3 is 4.90 Å². The first-order chi connectivity index (χ1) is 7.84. The summed E-state index contributed by atoms with van der Waals surface area (Å²) in [4.78, 5) is 2.60. The summed E-state index contributed by atoms with van der Waals surface area (Å²) in [5.74, 6) is 0. The van der Waals surface area contributed by atoms with E-state index in [0.717, 1.165) is 0 Å². The molecule has 1 fully saturated rings. The van der Waals surface area contributed by atoms with Gasteiger partial charge in [0.25, 0.3) is 0 Å². The largest absolute Gasteiger partial charge is 0.303 e.